The summed E-state index contributed by atoms with van der Waals surface area (Å²) in [5.74, 6) is 0.329. The minimum Gasteiger partial charge on any atom is -0.489 e. The van der Waals surface area contributed by atoms with Gasteiger partial charge in [-0.2, -0.15) is 21.6 Å². The van der Waals surface area contributed by atoms with Crippen LogP contribution in [0.3, 0.4) is 0 Å². The lowest BCUT2D eigenvalue weighted by atomic mass is 10.2. The quantitative estimate of drug-likeness (QED) is 0.674. The number of para-hydroxylation sites is 1. The summed E-state index contributed by atoms with van der Waals surface area (Å²) in [4.78, 5) is 1.99. The average molecular weight is 415 g/mol. The van der Waals surface area contributed by atoms with Gasteiger partial charge in [0.25, 0.3) is 10.1 Å². The highest BCUT2D eigenvalue weighted by molar-refractivity contribution is 7.85. The predicted octanol–water partition coefficient (Wildman–Crippen LogP) is 3.71. The normalized spacial score (nSPS) is 20.4. The van der Waals surface area contributed by atoms with Crippen molar-refractivity contribution in [3.63, 3.8) is 0 Å². The van der Waals surface area contributed by atoms with E-state index in [-0.39, 0.29) is 18.8 Å². The zero-order chi connectivity index (χ0) is 20.4. The van der Waals surface area contributed by atoms with Crippen molar-refractivity contribution < 1.29 is 30.5 Å². The van der Waals surface area contributed by atoms with Crippen LogP contribution in [0.15, 0.2) is 54.6 Å². The van der Waals surface area contributed by atoms with Gasteiger partial charge in [-0.3, -0.25) is 4.18 Å². The molecule has 0 bridgehead atoms. The zero-order valence-electron chi connectivity index (χ0n) is 15.1. The van der Waals surface area contributed by atoms with Crippen LogP contribution < -0.4 is 9.64 Å². The summed E-state index contributed by atoms with van der Waals surface area (Å²) in [5, 5.41) is 0. The Morgan fingerprint density at radius 1 is 1.07 bits per heavy atom. The molecule has 1 aliphatic rings. The lowest BCUT2D eigenvalue weighted by molar-refractivity contribution is -0.137. The van der Waals surface area contributed by atoms with Crippen molar-refractivity contribution in [3.8, 4) is 5.75 Å². The molecular formula is C19H20F3NO4S. The van der Waals surface area contributed by atoms with Crippen LogP contribution in [0.4, 0.5) is 18.9 Å². The number of ether oxygens (including phenoxy) is 1. The molecule has 3 rings (SSSR count). The SMILES string of the molecule is CS(=O)(=O)OC[C@@H]1C[C@@H](Oc2ccc(C(F)(F)F)cc2)CN1c1ccccc1. The molecule has 9 heteroatoms. The molecule has 1 fully saturated rings. The molecule has 1 aliphatic heterocycles. The van der Waals surface area contributed by atoms with Crippen molar-refractivity contribution in [2.24, 2.45) is 0 Å². The fourth-order valence-electron chi connectivity index (χ4n) is 3.17. The Morgan fingerprint density at radius 2 is 1.71 bits per heavy atom. The second kappa shape index (κ2) is 8.00. The standard InChI is InChI=1S/C19H20F3NO4S/c1-28(24,25)26-13-16-11-18(12-23(16)15-5-3-2-4-6-15)27-17-9-7-14(8-10-17)19(20,21)22/h2-10,16,18H,11-13H2,1H3/t16-,18+/m0/s1. The Balaban J connectivity index is 1.72. The van der Waals surface area contributed by atoms with E-state index in [2.05, 4.69) is 0 Å². The van der Waals surface area contributed by atoms with Crippen molar-refractivity contribution in [2.45, 2.75) is 24.7 Å². The predicted molar refractivity (Wildman–Crippen MR) is 98.8 cm³/mol. The van der Waals surface area contributed by atoms with E-state index in [0.717, 1.165) is 24.1 Å². The van der Waals surface area contributed by atoms with Gasteiger partial charge in [-0.05, 0) is 36.4 Å². The molecule has 0 N–H and O–H groups in total. The second-order valence-electron chi connectivity index (χ2n) is 6.63. The van der Waals surface area contributed by atoms with E-state index < -0.39 is 21.9 Å². The first kappa shape index (κ1) is 20.5. The Labute approximate surface area is 161 Å². The minimum absolute atomic E-state index is 0.0272. The molecule has 0 amide bonds. The highest BCUT2D eigenvalue weighted by Crippen LogP contribution is 2.32. The molecular weight excluding hydrogens is 395 g/mol. The summed E-state index contributed by atoms with van der Waals surface area (Å²) < 4.78 is 71.6. The lowest BCUT2D eigenvalue weighted by Crippen LogP contribution is -2.34. The molecule has 0 spiro atoms. The largest absolute Gasteiger partial charge is 0.489 e. The molecule has 1 saturated heterocycles. The monoisotopic (exact) mass is 415 g/mol. The number of hydrogen-bond acceptors (Lipinski definition) is 5. The summed E-state index contributed by atoms with van der Waals surface area (Å²) in [6, 6.07) is 13.7. The van der Waals surface area contributed by atoms with Gasteiger partial charge in [-0.25, -0.2) is 0 Å². The molecule has 1 heterocycles. The third kappa shape index (κ3) is 5.39. The molecule has 0 aliphatic carbocycles. The molecule has 0 unspecified atom stereocenters. The van der Waals surface area contributed by atoms with Gasteiger partial charge < -0.3 is 9.64 Å². The minimum atomic E-state index is -4.40. The van der Waals surface area contributed by atoms with Crippen molar-refractivity contribution in [1.29, 1.82) is 0 Å². The van der Waals surface area contributed by atoms with Gasteiger partial charge in [-0.1, -0.05) is 18.2 Å². The number of halogens is 3. The molecule has 0 aromatic heterocycles. The number of nitrogens with zero attached hydrogens (tertiary/aromatic N) is 1. The number of anilines is 1. The van der Waals surface area contributed by atoms with E-state index in [1.165, 1.54) is 12.1 Å². The van der Waals surface area contributed by atoms with E-state index in [1.54, 1.807) is 0 Å². The zero-order valence-corrected chi connectivity index (χ0v) is 15.9. The maximum absolute atomic E-state index is 12.7. The van der Waals surface area contributed by atoms with Crippen molar-refractivity contribution in [3.05, 3.63) is 60.2 Å². The van der Waals surface area contributed by atoms with Crippen LogP contribution in [0.5, 0.6) is 5.75 Å². The highest BCUT2D eigenvalue weighted by atomic mass is 32.2. The van der Waals surface area contributed by atoms with Gasteiger partial charge in [0.1, 0.15) is 11.9 Å². The molecule has 2 aromatic rings. The number of benzene rings is 2. The summed E-state index contributed by atoms with van der Waals surface area (Å²) >= 11 is 0. The van der Waals surface area contributed by atoms with Crippen LogP contribution in [0.25, 0.3) is 0 Å². The molecule has 28 heavy (non-hydrogen) atoms. The summed E-state index contributed by atoms with van der Waals surface area (Å²) in [7, 11) is -3.59. The molecule has 5 nitrogen and oxygen atoms in total. The van der Waals surface area contributed by atoms with Crippen LogP contribution in [-0.4, -0.2) is 40.0 Å². The van der Waals surface area contributed by atoms with Gasteiger partial charge in [0.15, 0.2) is 0 Å². The van der Waals surface area contributed by atoms with Gasteiger partial charge in [-0.15, -0.1) is 0 Å². The lowest BCUT2D eigenvalue weighted by Gasteiger charge is -2.25. The number of alkyl halides is 3. The molecule has 0 radical (unpaired) electrons. The highest BCUT2D eigenvalue weighted by Gasteiger charge is 2.35. The first-order chi connectivity index (χ1) is 13.1. The smallest absolute Gasteiger partial charge is 0.416 e. The first-order valence-electron chi connectivity index (χ1n) is 8.62. The molecule has 2 aromatic carbocycles. The van der Waals surface area contributed by atoms with Crippen LogP contribution >= 0.6 is 0 Å². The Bertz CT molecular complexity index is 886. The Morgan fingerprint density at radius 3 is 2.29 bits per heavy atom. The number of rotatable bonds is 6. The Hall–Kier alpha value is -2.26. The van der Waals surface area contributed by atoms with Crippen molar-refractivity contribution >= 4 is 15.8 Å². The maximum Gasteiger partial charge on any atom is 0.416 e. The van der Waals surface area contributed by atoms with Crippen molar-refractivity contribution in [1.82, 2.24) is 0 Å². The van der Waals surface area contributed by atoms with E-state index in [1.807, 2.05) is 35.2 Å². The van der Waals surface area contributed by atoms with E-state index >= 15 is 0 Å². The van der Waals surface area contributed by atoms with Crippen LogP contribution in [0.2, 0.25) is 0 Å². The molecule has 0 saturated carbocycles. The van der Waals surface area contributed by atoms with Crippen LogP contribution in [0.1, 0.15) is 12.0 Å². The summed E-state index contributed by atoms with van der Waals surface area (Å²) in [6.07, 6.45) is -3.24. The maximum atomic E-state index is 12.7. The molecule has 2 atom stereocenters. The Kier molecular flexibility index (Phi) is 5.85. The van der Waals surface area contributed by atoms with Crippen LogP contribution in [-0.2, 0) is 20.5 Å². The van der Waals surface area contributed by atoms with Crippen molar-refractivity contribution in [2.75, 3.05) is 24.3 Å². The fourth-order valence-corrected chi connectivity index (χ4v) is 3.57. The fraction of sp³-hybridized carbons (Fsp3) is 0.368. The third-order valence-corrected chi connectivity index (χ3v) is 4.99. The average Bonchev–Trinajstić information content (AvgIpc) is 3.03. The van der Waals surface area contributed by atoms with Gasteiger partial charge >= 0.3 is 6.18 Å². The first-order valence-corrected chi connectivity index (χ1v) is 10.4. The topological polar surface area (TPSA) is 55.8 Å². The third-order valence-electron chi connectivity index (χ3n) is 4.42. The van der Waals surface area contributed by atoms with Gasteiger partial charge in [0, 0.05) is 12.1 Å². The summed E-state index contributed by atoms with van der Waals surface area (Å²) in [6.45, 7) is 0.434. The van der Waals surface area contributed by atoms with Gasteiger partial charge in [0.05, 0.1) is 31.0 Å². The summed E-state index contributed by atoms with van der Waals surface area (Å²) in [5.41, 5.74) is 0.153. The van der Waals surface area contributed by atoms with E-state index in [9.17, 15) is 21.6 Å². The van der Waals surface area contributed by atoms with E-state index in [4.69, 9.17) is 8.92 Å². The van der Waals surface area contributed by atoms with Crippen LogP contribution in [0, 0.1) is 0 Å². The van der Waals surface area contributed by atoms with Gasteiger partial charge in [0.2, 0.25) is 0 Å². The van der Waals surface area contributed by atoms with E-state index in [0.29, 0.717) is 18.7 Å². The second-order valence-corrected chi connectivity index (χ2v) is 8.27. The molecule has 152 valence electrons. The number of hydrogen-bond donors (Lipinski definition) is 0.